The van der Waals surface area contributed by atoms with E-state index in [0.717, 1.165) is 17.5 Å². The van der Waals surface area contributed by atoms with Crippen molar-refractivity contribution in [1.82, 2.24) is 14.6 Å². The Bertz CT molecular complexity index is 1770. The van der Waals surface area contributed by atoms with Crippen LogP contribution in [-0.4, -0.2) is 27.7 Å². The van der Waals surface area contributed by atoms with E-state index in [-0.39, 0.29) is 11.3 Å². The molecule has 2 heterocycles. The summed E-state index contributed by atoms with van der Waals surface area (Å²) in [5.41, 5.74) is 6.22. The van der Waals surface area contributed by atoms with Crippen LogP contribution in [0, 0.1) is 41.6 Å². The molecule has 1 N–H and O–H groups in total. The van der Waals surface area contributed by atoms with Crippen molar-refractivity contribution in [2.75, 3.05) is 11.9 Å². The van der Waals surface area contributed by atoms with Gasteiger partial charge in [-0.05, 0) is 108 Å². The van der Waals surface area contributed by atoms with Crippen molar-refractivity contribution in [2.24, 2.45) is 35.0 Å². The van der Waals surface area contributed by atoms with Crippen LogP contribution < -0.4 is 9.64 Å². The zero-order valence-electron chi connectivity index (χ0n) is 31.6. The van der Waals surface area contributed by atoms with E-state index in [9.17, 15) is 4.79 Å². The monoisotopic (exact) mass is 663 g/mol. The second kappa shape index (κ2) is 14.4. The van der Waals surface area contributed by atoms with Crippen LogP contribution in [0.15, 0.2) is 48.5 Å². The number of amides is 1. The number of hydrogen-bond acceptors (Lipinski definition) is 3. The van der Waals surface area contributed by atoms with Crippen LogP contribution in [0.4, 0.5) is 16.2 Å². The van der Waals surface area contributed by atoms with Crippen LogP contribution in [0.1, 0.15) is 117 Å². The summed E-state index contributed by atoms with van der Waals surface area (Å²) in [4.78, 5) is 24.5. The van der Waals surface area contributed by atoms with Crippen LogP contribution in [-0.2, 0) is 6.42 Å². The summed E-state index contributed by atoms with van der Waals surface area (Å²) in [5.74, 6) is 4.24. The van der Waals surface area contributed by atoms with Crippen molar-refractivity contribution in [3.8, 4) is 17.3 Å². The van der Waals surface area contributed by atoms with E-state index >= 15 is 0 Å². The van der Waals surface area contributed by atoms with Gasteiger partial charge in [-0.1, -0.05) is 93.5 Å². The number of rotatable bonds is 9. The number of aromatic amines is 1. The van der Waals surface area contributed by atoms with Crippen molar-refractivity contribution in [3.63, 3.8) is 0 Å². The van der Waals surface area contributed by atoms with Crippen molar-refractivity contribution < 1.29 is 9.53 Å². The number of benzene rings is 2. The van der Waals surface area contributed by atoms with Crippen LogP contribution in [0.3, 0.4) is 0 Å². The third-order valence-corrected chi connectivity index (χ3v) is 10.7. The highest BCUT2D eigenvalue weighted by Crippen LogP contribution is 2.51. The van der Waals surface area contributed by atoms with Gasteiger partial charge in [-0.25, -0.2) is 19.1 Å². The second-order valence-electron chi connectivity index (χ2n) is 16.7. The smallest absolute Gasteiger partial charge is 0.401 e. The molecule has 0 saturated heterocycles. The Labute approximate surface area is 294 Å². The number of anilines is 1. The van der Waals surface area contributed by atoms with Crippen molar-refractivity contribution in [3.05, 3.63) is 76.6 Å². The fourth-order valence-electron chi connectivity index (χ4n) is 8.09. The summed E-state index contributed by atoms with van der Waals surface area (Å²) in [6, 6.07) is 16.1. The van der Waals surface area contributed by atoms with E-state index < -0.39 is 6.09 Å². The lowest BCUT2D eigenvalue weighted by Crippen LogP contribution is -2.40. The summed E-state index contributed by atoms with van der Waals surface area (Å²) in [6.45, 7) is 31.4. The highest BCUT2D eigenvalue weighted by molar-refractivity contribution is 5.90. The highest BCUT2D eigenvalue weighted by Gasteiger charge is 2.43. The minimum atomic E-state index is -0.557. The predicted octanol–water partition coefficient (Wildman–Crippen LogP) is 11.7. The summed E-state index contributed by atoms with van der Waals surface area (Å²) in [5, 5.41) is 3.49. The van der Waals surface area contributed by atoms with Gasteiger partial charge in [0.2, 0.25) is 5.88 Å². The van der Waals surface area contributed by atoms with Gasteiger partial charge in [-0.2, -0.15) is 0 Å². The molecule has 0 aliphatic heterocycles. The molecule has 0 radical (unpaired) electrons. The molecule has 1 aliphatic rings. The van der Waals surface area contributed by atoms with E-state index in [2.05, 4.69) is 97.4 Å². The minimum absolute atomic E-state index is 0.112. The molecule has 7 nitrogen and oxygen atoms in total. The number of carbonyl (C=O) groups excluding carboxylic acids is 1. The molecule has 5 rings (SSSR count). The third-order valence-electron chi connectivity index (χ3n) is 10.7. The fourth-order valence-corrected chi connectivity index (χ4v) is 8.09. The molecule has 7 heteroatoms. The van der Waals surface area contributed by atoms with Gasteiger partial charge < -0.3 is 4.74 Å². The molecule has 1 aliphatic carbocycles. The third kappa shape index (κ3) is 7.74. The van der Waals surface area contributed by atoms with Gasteiger partial charge in [0.1, 0.15) is 5.65 Å². The maximum atomic E-state index is 13.7. The molecule has 262 valence electrons. The number of fused-ring (bicyclic) bond motifs is 1. The molecular weight excluding hydrogens is 606 g/mol. The lowest BCUT2D eigenvalue weighted by molar-refractivity contribution is 0.0259. The molecule has 4 unspecified atom stereocenters. The Morgan fingerprint density at radius 2 is 1.67 bits per heavy atom. The van der Waals surface area contributed by atoms with Crippen LogP contribution in [0.2, 0.25) is 0 Å². The number of nitrogens with zero attached hydrogens (tertiary/aromatic N) is 4. The van der Waals surface area contributed by atoms with Crippen LogP contribution in [0.5, 0.6) is 5.88 Å². The molecule has 0 bridgehead atoms. The zero-order chi connectivity index (χ0) is 35.8. The zero-order valence-corrected chi connectivity index (χ0v) is 31.6. The molecule has 0 spiro atoms. The molecule has 2 aromatic heterocycles. The van der Waals surface area contributed by atoms with Gasteiger partial charge in [0.05, 0.1) is 6.57 Å². The number of aromatic nitrogens is 3. The lowest BCUT2D eigenvalue weighted by atomic mass is 9.57. The molecule has 49 heavy (non-hydrogen) atoms. The standard InChI is InChI=1S/C42H57N5O2/c1-25(2)18-31-19-28(7)20-36(42(8,9)10)34(31)24-35-37(43-11)40(49-41(48)46(12)33-16-14-13-15-17-33)47-39(35)44-38(45-47)32-22-29(26(3)4)21-30(23-32)27(5)6/h13-17,21-23,25-28,31,34,36H,18-20,24H2,1-10,12H3,(H,44,45). The number of carbonyl (C=O) groups is 1. The maximum Gasteiger partial charge on any atom is 0.419 e. The first-order valence-electron chi connectivity index (χ1n) is 18.3. The van der Waals surface area contributed by atoms with E-state index in [4.69, 9.17) is 16.3 Å². The Morgan fingerprint density at radius 1 is 1.04 bits per heavy atom. The largest absolute Gasteiger partial charge is 0.419 e. The van der Waals surface area contributed by atoms with E-state index in [1.165, 1.54) is 28.9 Å². The van der Waals surface area contributed by atoms with Gasteiger partial charge >= 0.3 is 6.09 Å². The number of para-hydroxylation sites is 1. The Hall–Kier alpha value is -4.05. The Kier molecular flexibility index (Phi) is 10.7. The fraction of sp³-hybridized carbons (Fsp3) is 0.548. The molecule has 1 fully saturated rings. The summed E-state index contributed by atoms with van der Waals surface area (Å²) in [7, 11) is 1.69. The number of ether oxygens (including phenoxy) is 1. The average Bonchev–Trinajstić information content (AvgIpc) is 3.59. The first kappa shape index (κ1) is 36.2. The molecular formula is C42H57N5O2. The summed E-state index contributed by atoms with van der Waals surface area (Å²) in [6.07, 6.45) is 3.67. The number of hydrogen-bond donors (Lipinski definition) is 1. The Morgan fingerprint density at radius 3 is 2.22 bits per heavy atom. The molecule has 1 saturated carbocycles. The topological polar surface area (TPSA) is 67.0 Å². The maximum absolute atomic E-state index is 13.7. The van der Waals surface area contributed by atoms with Gasteiger partial charge in [-0.3, -0.25) is 10.00 Å². The molecule has 4 atom stereocenters. The van der Waals surface area contributed by atoms with Crippen molar-refractivity contribution in [1.29, 1.82) is 0 Å². The van der Waals surface area contributed by atoms with Crippen LogP contribution in [0.25, 0.3) is 21.9 Å². The SMILES string of the molecule is [C-]#[N+]c1c(CC2C(CC(C)C)CC(C)CC2C(C)(C)C)c2nc(-c3cc(C(C)C)cc(C(C)C)c3)[nH]n2c1OC(=O)N(C)c1ccccc1. The van der Waals surface area contributed by atoms with E-state index in [1.54, 1.807) is 11.6 Å². The number of H-pyrrole nitrogens is 1. The highest BCUT2D eigenvalue weighted by atomic mass is 16.6. The molecule has 1 amide bonds. The normalized spacial score (nSPS) is 19.9. The lowest BCUT2D eigenvalue weighted by Gasteiger charge is -2.48. The molecule has 4 aromatic rings. The minimum Gasteiger partial charge on any atom is -0.401 e. The second-order valence-corrected chi connectivity index (χ2v) is 16.7. The summed E-state index contributed by atoms with van der Waals surface area (Å²) < 4.78 is 7.93. The first-order chi connectivity index (χ1) is 23.1. The van der Waals surface area contributed by atoms with Crippen molar-refractivity contribution >= 4 is 23.1 Å². The van der Waals surface area contributed by atoms with Gasteiger partial charge in [0.25, 0.3) is 5.69 Å². The Balaban J connectivity index is 1.69. The number of nitrogens with one attached hydrogen (secondary N) is 1. The predicted molar refractivity (Wildman–Crippen MR) is 202 cm³/mol. The quantitative estimate of drug-likeness (QED) is 0.181. The van der Waals surface area contributed by atoms with Crippen LogP contribution >= 0.6 is 0 Å². The van der Waals surface area contributed by atoms with Gasteiger partial charge in [0.15, 0.2) is 5.82 Å². The van der Waals surface area contributed by atoms with E-state index in [0.29, 0.717) is 70.7 Å². The summed E-state index contributed by atoms with van der Waals surface area (Å²) >= 11 is 0. The van der Waals surface area contributed by atoms with Gasteiger partial charge in [0, 0.05) is 23.9 Å². The average molecular weight is 664 g/mol. The van der Waals surface area contributed by atoms with E-state index in [1.807, 2.05) is 30.3 Å². The van der Waals surface area contributed by atoms with Crippen molar-refractivity contribution in [2.45, 2.75) is 107 Å². The first-order valence-corrected chi connectivity index (χ1v) is 18.3. The molecule has 2 aromatic carbocycles. The van der Waals surface area contributed by atoms with Gasteiger partial charge in [-0.15, -0.1) is 0 Å².